The van der Waals surface area contributed by atoms with Crippen LogP contribution in [0.1, 0.15) is 41.5 Å². The van der Waals surface area contributed by atoms with Crippen LogP contribution in [0.4, 0.5) is 0 Å². The zero-order valence-electron chi connectivity index (χ0n) is 11.4. The Kier molecular flexibility index (Phi) is 12.0. The second kappa shape index (κ2) is 8.23. The van der Waals surface area contributed by atoms with E-state index in [4.69, 9.17) is 3.79 Å². The van der Waals surface area contributed by atoms with Crippen LogP contribution in [0.3, 0.4) is 0 Å². The van der Waals surface area contributed by atoms with Crippen molar-refractivity contribution in [3.05, 3.63) is 0 Å². The minimum atomic E-state index is -0.796. The minimum Gasteiger partial charge on any atom is -0.850 e. The maximum absolute atomic E-state index is 10.1. The SMILES string of the molecule is CC(C)(C)[O-].[CH3][Al]([CH3])[O]C(C)(C)C.[Li+]. The average Bonchev–Trinajstić information content (AvgIpc) is 1.47. The van der Waals surface area contributed by atoms with E-state index in [1.54, 1.807) is 20.8 Å². The Hall–Kier alpha value is 1.05. The predicted molar refractivity (Wildman–Crippen MR) is 58.1 cm³/mol. The van der Waals surface area contributed by atoms with Gasteiger partial charge in [0.1, 0.15) is 0 Å². The molecular formula is C10H24AlLiO2. The van der Waals surface area contributed by atoms with Crippen molar-refractivity contribution in [1.29, 1.82) is 0 Å². The van der Waals surface area contributed by atoms with Crippen LogP contribution in [-0.2, 0) is 3.79 Å². The van der Waals surface area contributed by atoms with Crippen molar-refractivity contribution in [1.82, 2.24) is 0 Å². The van der Waals surface area contributed by atoms with Crippen molar-refractivity contribution in [2.75, 3.05) is 0 Å². The van der Waals surface area contributed by atoms with Gasteiger partial charge >= 0.3 is 33.3 Å². The molecule has 0 heterocycles. The standard InChI is InChI=1S/2C4H9O.2CH3.Al.Li/c2*1-4(2,3)5;;;;/h2*1-3H3;2*1H3;;/q2*-1;;;2*+1. The first-order valence-electron chi connectivity index (χ1n) is 4.80. The number of hydrogen-bond donors (Lipinski definition) is 0. The van der Waals surface area contributed by atoms with Gasteiger partial charge in [0, 0.05) is 5.60 Å². The van der Waals surface area contributed by atoms with Crippen LogP contribution in [0.2, 0.25) is 11.6 Å². The zero-order valence-corrected chi connectivity index (χ0v) is 12.5. The molecule has 0 radical (unpaired) electrons. The molecule has 0 saturated carbocycles. The van der Waals surface area contributed by atoms with Gasteiger partial charge in [0.2, 0.25) is 0 Å². The van der Waals surface area contributed by atoms with E-state index < -0.39 is 20.1 Å². The quantitative estimate of drug-likeness (QED) is 0.531. The molecule has 0 atom stereocenters. The van der Waals surface area contributed by atoms with E-state index in [9.17, 15) is 5.11 Å². The second-order valence-electron chi connectivity index (χ2n) is 5.39. The van der Waals surface area contributed by atoms with Crippen molar-refractivity contribution < 1.29 is 27.8 Å². The molecule has 0 rings (SSSR count). The minimum absolute atomic E-state index is 0. The fraction of sp³-hybridized carbons (Fsp3) is 1.00. The van der Waals surface area contributed by atoms with Crippen molar-refractivity contribution in [2.24, 2.45) is 0 Å². The molecule has 80 valence electrons. The van der Waals surface area contributed by atoms with Gasteiger partial charge < -0.3 is 8.90 Å². The number of rotatable bonds is 1. The molecule has 0 unspecified atom stereocenters. The molecule has 2 nitrogen and oxygen atoms in total. The van der Waals surface area contributed by atoms with Crippen LogP contribution in [0.15, 0.2) is 0 Å². The van der Waals surface area contributed by atoms with Crippen molar-refractivity contribution in [2.45, 2.75) is 64.3 Å². The molecule has 0 fully saturated rings. The van der Waals surface area contributed by atoms with Gasteiger partial charge in [-0.25, -0.2) is 0 Å². The van der Waals surface area contributed by atoms with Gasteiger partial charge in [-0.3, -0.25) is 0 Å². The first-order chi connectivity index (χ1) is 5.42. The van der Waals surface area contributed by atoms with Gasteiger partial charge in [0.05, 0.1) is 0 Å². The van der Waals surface area contributed by atoms with Gasteiger partial charge in [-0.2, -0.15) is 0 Å². The molecule has 0 amide bonds. The van der Waals surface area contributed by atoms with Gasteiger partial charge in [-0.05, 0) is 20.8 Å². The summed E-state index contributed by atoms with van der Waals surface area (Å²) in [6, 6.07) is 0. The third kappa shape index (κ3) is 51.8. The van der Waals surface area contributed by atoms with Crippen molar-refractivity contribution in [3.63, 3.8) is 0 Å². The fourth-order valence-corrected chi connectivity index (χ4v) is 2.12. The molecule has 0 bridgehead atoms. The first-order valence-corrected chi connectivity index (χ1v) is 7.58. The molecule has 0 spiro atoms. The van der Waals surface area contributed by atoms with E-state index in [-0.39, 0.29) is 24.5 Å². The fourth-order valence-electron chi connectivity index (χ4n) is 0.707. The Morgan fingerprint density at radius 1 is 0.929 bits per heavy atom. The summed E-state index contributed by atoms with van der Waals surface area (Å²) in [6.45, 7) is 11.2. The molecule has 0 aliphatic rings. The average molecular weight is 210 g/mol. The largest absolute Gasteiger partial charge is 1.00 e. The van der Waals surface area contributed by atoms with Crippen LogP contribution < -0.4 is 24.0 Å². The third-order valence-electron chi connectivity index (χ3n) is 0.589. The predicted octanol–water partition coefficient (Wildman–Crippen LogP) is -0.798. The van der Waals surface area contributed by atoms with Crippen LogP contribution in [-0.4, -0.2) is 25.7 Å². The van der Waals surface area contributed by atoms with E-state index in [1.165, 1.54) is 0 Å². The topological polar surface area (TPSA) is 32.3 Å². The molecule has 0 aromatic rings. The van der Waals surface area contributed by atoms with E-state index in [0.717, 1.165) is 0 Å². The molecule has 0 aromatic carbocycles. The Balaban J connectivity index is -0.000000177. The van der Waals surface area contributed by atoms with Gasteiger partial charge in [-0.15, -0.1) is 5.60 Å². The maximum Gasteiger partial charge on any atom is 1.00 e. The summed E-state index contributed by atoms with van der Waals surface area (Å²) in [5.41, 5.74) is -0.666. The van der Waals surface area contributed by atoms with Crippen molar-refractivity contribution in [3.8, 4) is 0 Å². The van der Waals surface area contributed by atoms with E-state index >= 15 is 0 Å². The molecule has 0 saturated heterocycles. The summed E-state index contributed by atoms with van der Waals surface area (Å²) in [7, 11) is 0. The summed E-state index contributed by atoms with van der Waals surface area (Å²) < 4.78 is 5.58. The van der Waals surface area contributed by atoms with Crippen molar-refractivity contribution >= 4 is 14.5 Å². The summed E-state index contributed by atoms with van der Waals surface area (Å²) in [6.07, 6.45) is 0. The Labute approximate surface area is 106 Å². The summed E-state index contributed by atoms with van der Waals surface area (Å²) in [5.74, 6) is 4.37. The second-order valence-corrected chi connectivity index (χ2v) is 7.72. The van der Waals surface area contributed by atoms with E-state index in [0.29, 0.717) is 0 Å². The summed E-state index contributed by atoms with van der Waals surface area (Å²) in [5, 5.41) is 10.1. The van der Waals surface area contributed by atoms with Crippen LogP contribution in [0.25, 0.3) is 0 Å². The normalized spacial score (nSPS) is 10.9. The Morgan fingerprint density at radius 3 is 1.14 bits per heavy atom. The molecule has 14 heavy (non-hydrogen) atoms. The van der Waals surface area contributed by atoms with Gasteiger partial charge in [0.15, 0.2) is 0 Å². The summed E-state index contributed by atoms with van der Waals surface area (Å²) in [4.78, 5) is 0. The molecule has 0 aliphatic carbocycles. The van der Waals surface area contributed by atoms with E-state index in [2.05, 4.69) is 32.3 Å². The molecule has 0 N–H and O–H groups in total. The van der Waals surface area contributed by atoms with Crippen LogP contribution in [0, 0.1) is 0 Å². The first kappa shape index (κ1) is 20.5. The molecule has 0 aromatic heterocycles. The number of hydrogen-bond acceptors (Lipinski definition) is 2. The van der Waals surface area contributed by atoms with Gasteiger partial charge in [0.25, 0.3) is 0 Å². The monoisotopic (exact) mass is 210 g/mol. The Morgan fingerprint density at radius 2 is 1.14 bits per heavy atom. The van der Waals surface area contributed by atoms with Gasteiger partial charge in [-0.1, -0.05) is 32.3 Å². The molecule has 4 heteroatoms. The van der Waals surface area contributed by atoms with Crippen LogP contribution in [0.5, 0.6) is 0 Å². The zero-order chi connectivity index (χ0) is 11.3. The maximum atomic E-state index is 10.1. The van der Waals surface area contributed by atoms with E-state index in [1.807, 2.05) is 0 Å². The smallest absolute Gasteiger partial charge is 0.850 e. The Bertz CT molecular complexity index is 119. The summed E-state index contributed by atoms with van der Waals surface area (Å²) >= 11 is -0.796. The molecular weight excluding hydrogens is 186 g/mol. The van der Waals surface area contributed by atoms with Crippen LogP contribution >= 0.6 is 0 Å². The molecule has 0 aliphatic heterocycles. The third-order valence-corrected chi connectivity index (χ3v) is 1.77.